The third-order valence-electron chi connectivity index (χ3n) is 3.62. The molecule has 3 aromatic carbocycles. The lowest BCUT2D eigenvalue weighted by atomic mass is 10.0. The number of aromatic carboxylic acids is 1. The number of carbonyl (C=O) groups excluding carboxylic acids is 1. The Labute approximate surface area is 139 Å². The molecule has 0 aliphatic rings. The third kappa shape index (κ3) is 3.50. The van der Waals surface area contributed by atoms with E-state index < -0.39 is 5.97 Å². The van der Waals surface area contributed by atoms with E-state index in [1.165, 1.54) is 12.1 Å². The highest BCUT2D eigenvalue weighted by molar-refractivity contribution is 6.05. The minimum Gasteiger partial charge on any atom is -0.478 e. The van der Waals surface area contributed by atoms with E-state index in [4.69, 9.17) is 5.11 Å². The van der Waals surface area contributed by atoms with Crippen molar-refractivity contribution >= 4 is 17.6 Å². The molecule has 0 bridgehead atoms. The molecule has 3 aromatic rings. The van der Waals surface area contributed by atoms with Crippen molar-refractivity contribution in [1.82, 2.24) is 0 Å². The fourth-order valence-electron chi connectivity index (χ4n) is 2.38. The maximum absolute atomic E-state index is 12.3. The van der Waals surface area contributed by atoms with Crippen LogP contribution in [0, 0.1) is 0 Å². The van der Waals surface area contributed by atoms with Gasteiger partial charge >= 0.3 is 5.97 Å². The zero-order valence-corrected chi connectivity index (χ0v) is 12.8. The number of rotatable bonds is 4. The molecule has 0 aliphatic carbocycles. The van der Waals surface area contributed by atoms with Gasteiger partial charge in [-0.05, 0) is 41.5 Å². The first kappa shape index (κ1) is 15.5. The molecule has 0 radical (unpaired) electrons. The van der Waals surface area contributed by atoms with Gasteiger partial charge in [-0.15, -0.1) is 0 Å². The van der Waals surface area contributed by atoms with Gasteiger partial charge in [-0.25, -0.2) is 4.79 Å². The summed E-state index contributed by atoms with van der Waals surface area (Å²) in [4.78, 5) is 23.3. The lowest BCUT2D eigenvalue weighted by Gasteiger charge is -2.07. The molecular formula is C20H15NO3. The average molecular weight is 317 g/mol. The van der Waals surface area contributed by atoms with Crippen LogP contribution in [0.5, 0.6) is 0 Å². The van der Waals surface area contributed by atoms with Crippen molar-refractivity contribution in [1.29, 1.82) is 0 Å². The molecule has 0 saturated heterocycles. The maximum Gasteiger partial charge on any atom is 0.335 e. The minimum absolute atomic E-state index is 0.132. The van der Waals surface area contributed by atoms with Gasteiger partial charge < -0.3 is 10.4 Å². The number of benzene rings is 3. The summed E-state index contributed by atoms with van der Waals surface area (Å²) in [5.74, 6) is -1.31. The van der Waals surface area contributed by atoms with Crippen LogP contribution in [-0.2, 0) is 0 Å². The lowest BCUT2D eigenvalue weighted by Crippen LogP contribution is -2.12. The van der Waals surface area contributed by atoms with E-state index in [9.17, 15) is 9.59 Å². The zero-order valence-electron chi connectivity index (χ0n) is 12.8. The predicted molar refractivity (Wildman–Crippen MR) is 93.2 cm³/mol. The third-order valence-corrected chi connectivity index (χ3v) is 3.62. The van der Waals surface area contributed by atoms with E-state index in [0.29, 0.717) is 11.3 Å². The van der Waals surface area contributed by atoms with Crippen molar-refractivity contribution in [3.8, 4) is 11.1 Å². The fraction of sp³-hybridized carbons (Fsp3) is 0. The standard InChI is InChI=1S/C20H15NO3/c22-19(21-18-8-4-7-17(13-18)20(23)24)16-11-9-15(10-12-16)14-5-2-1-3-6-14/h1-13H,(H,21,22)(H,23,24). The summed E-state index contributed by atoms with van der Waals surface area (Å²) in [5.41, 5.74) is 3.20. The Hall–Kier alpha value is -3.40. The number of hydrogen-bond donors (Lipinski definition) is 2. The highest BCUT2D eigenvalue weighted by Gasteiger charge is 2.08. The minimum atomic E-state index is -1.03. The molecule has 0 unspecified atom stereocenters. The Morgan fingerprint density at radius 1 is 0.708 bits per heavy atom. The van der Waals surface area contributed by atoms with E-state index in [-0.39, 0.29) is 11.5 Å². The molecule has 24 heavy (non-hydrogen) atoms. The second kappa shape index (κ2) is 6.79. The molecule has 118 valence electrons. The van der Waals surface area contributed by atoms with E-state index in [0.717, 1.165) is 11.1 Å². The SMILES string of the molecule is O=C(O)c1cccc(NC(=O)c2ccc(-c3ccccc3)cc2)c1. The first-order valence-corrected chi connectivity index (χ1v) is 7.44. The van der Waals surface area contributed by atoms with E-state index in [1.54, 1.807) is 24.3 Å². The second-order valence-corrected chi connectivity index (χ2v) is 5.28. The molecule has 0 aliphatic heterocycles. The van der Waals surface area contributed by atoms with Crippen molar-refractivity contribution in [2.24, 2.45) is 0 Å². The lowest BCUT2D eigenvalue weighted by molar-refractivity contribution is 0.0696. The van der Waals surface area contributed by atoms with Crippen molar-refractivity contribution in [2.75, 3.05) is 5.32 Å². The molecule has 2 N–H and O–H groups in total. The van der Waals surface area contributed by atoms with Crippen LogP contribution in [-0.4, -0.2) is 17.0 Å². The van der Waals surface area contributed by atoms with Gasteiger partial charge in [0.2, 0.25) is 0 Å². The number of carboxylic acid groups (broad SMARTS) is 1. The quantitative estimate of drug-likeness (QED) is 0.754. The Kier molecular flexibility index (Phi) is 4.38. The first-order chi connectivity index (χ1) is 11.6. The molecule has 0 aromatic heterocycles. The molecule has 0 fully saturated rings. The summed E-state index contributed by atoms with van der Waals surface area (Å²) in [5, 5.41) is 11.7. The Morgan fingerprint density at radius 2 is 1.38 bits per heavy atom. The summed E-state index contributed by atoms with van der Waals surface area (Å²) in [6, 6.07) is 23.3. The van der Waals surface area contributed by atoms with Gasteiger partial charge in [0.05, 0.1) is 5.56 Å². The number of nitrogens with one attached hydrogen (secondary N) is 1. The molecule has 3 rings (SSSR count). The summed E-state index contributed by atoms with van der Waals surface area (Å²) in [6.45, 7) is 0. The van der Waals surface area contributed by atoms with Gasteiger partial charge in [0, 0.05) is 11.3 Å². The predicted octanol–water partition coefficient (Wildman–Crippen LogP) is 4.30. The largest absolute Gasteiger partial charge is 0.478 e. The van der Waals surface area contributed by atoms with Crippen LogP contribution in [0.4, 0.5) is 5.69 Å². The van der Waals surface area contributed by atoms with Gasteiger partial charge in [-0.2, -0.15) is 0 Å². The molecule has 0 atom stereocenters. The number of carboxylic acids is 1. The van der Waals surface area contributed by atoms with Crippen molar-refractivity contribution in [2.45, 2.75) is 0 Å². The zero-order chi connectivity index (χ0) is 16.9. The molecule has 0 heterocycles. The Bertz CT molecular complexity index is 871. The molecule has 4 nitrogen and oxygen atoms in total. The van der Waals surface area contributed by atoms with Gasteiger partial charge in [0.15, 0.2) is 0 Å². The summed E-state index contributed by atoms with van der Waals surface area (Å²) < 4.78 is 0. The van der Waals surface area contributed by atoms with Crippen LogP contribution in [0.3, 0.4) is 0 Å². The van der Waals surface area contributed by atoms with Crippen molar-refractivity contribution < 1.29 is 14.7 Å². The van der Waals surface area contributed by atoms with Gasteiger partial charge in [-0.1, -0.05) is 48.5 Å². The highest BCUT2D eigenvalue weighted by atomic mass is 16.4. The van der Waals surface area contributed by atoms with E-state index in [1.807, 2.05) is 42.5 Å². The fourth-order valence-corrected chi connectivity index (χ4v) is 2.38. The summed E-state index contributed by atoms with van der Waals surface area (Å²) >= 11 is 0. The van der Waals surface area contributed by atoms with Gasteiger partial charge in [0.1, 0.15) is 0 Å². The van der Waals surface area contributed by atoms with Crippen LogP contribution in [0.25, 0.3) is 11.1 Å². The van der Waals surface area contributed by atoms with Gasteiger partial charge in [-0.3, -0.25) is 4.79 Å². The Balaban J connectivity index is 1.76. The summed E-state index contributed by atoms with van der Waals surface area (Å²) in [7, 11) is 0. The van der Waals surface area contributed by atoms with Crippen molar-refractivity contribution in [3.63, 3.8) is 0 Å². The number of hydrogen-bond acceptors (Lipinski definition) is 2. The summed E-state index contributed by atoms with van der Waals surface area (Å²) in [6.07, 6.45) is 0. The number of anilines is 1. The maximum atomic E-state index is 12.3. The number of amides is 1. The molecule has 4 heteroatoms. The van der Waals surface area contributed by atoms with E-state index in [2.05, 4.69) is 5.32 Å². The average Bonchev–Trinajstić information content (AvgIpc) is 2.63. The molecule has 0 saturated carbocycles. The van der Waals surface area contributed by atoms with Gasteiger partial charge in [0.25, 0.3) is 5.91 Å². The second-order valence-electron chi connectivity index (χ2n) is 5.28. The number of carbonyl (C=O) groups is 2. The monoisotopic (exact) mass is 317 g/mol. The molecule has 1 amide bonds. The molecular weight excluding hydrogens is 302 g/mol. The highest BCUT2D eigenvalue weighted by Crippen LogP contribution is 2.20. The molecule has 0 spiro atoms. The van der Waals surface area contributed by atoms with Crippen LogP contribution in [0.2, 0.25) is 0 Å². The normalized spacial score (nSPS) is 10.2. The first-order valence-electron chi connectivity index (χ1n) is 7.44. The van der Waals surface area contributed by atoms with Crippen LogP contribution < -0.4 is 5.32 Å². The topological polar surface area (TPSA) is 66.4 Å². The van der Waals surface area contributed by atoms with Crippen LogP contribution in [0.15, 0.2) is 78.9 Å². The van der Waals surface area contributed by atoms with Crippen LogP contribution >= 0.6 is 0 Å². The van der Waals surface area contributed by atoms with Crippen LogP contribution in [0.1, 0.15) is 20.7 Å². The smallest absolute Gasteiger partial charge is 0.335 e. The Morgan fingerprint density at radius 3 is 2.04 bits per heavy atom. The van der Waals surface area contributed by atoms with Crippen molar-refractivity contribution in [3.05, 3.63) is 90.0 Å². The van der Waals surface area contributed by atoms with E-state index >= 15 is 0 Å².